The maximum atomic E-state index is 13.9. The molecular formula is C16H17ClFN3O2S. The van der Waals surface area contributed by atoms with E-state index in [1.165, 1.54) is 12.1 Å². The molecule has 24 heavy (non-hydrogen) atoms. The summed E-state index contributed by atoms with van der Waals surface area (Å²) in [5.74, 6) is 0.0672. The average Bonchev–Trinajstić information content (AvgIpc) is 2.97. The molecule has 2 unspecified atom stereocenters. The number of carbonyl (C=O) groups is 1. The Morgan fingerprint density at radius 2 is 2.29 bits per heavy atom. The van der Waals surface area contributed by atoms with E-state index in [2.05, 4.69) is 5.10 Å². The van der Waals surface area contributed by atoms with Crippen LogP contribution in [0, 0.1) is 5.82 Å². The fourth-order valence-electron chi connectivity index (χ4n) is 2.85. The van der Waals surface area contributed by atoms with Crippen LogP contribution < -0.4 is 0 Å². The summed E-state index contributed by atoms with van der Waals surface area (Å²) in [5.41, 5.74) is 1.03. The molecule has 2 atom stereocenters. The fourth-order valence-corrected chi connectivity index (χ4v) is 4.37. The number of amides is 1. The van der Waals surface area contributed by atoms with E-state index < -0.39 is 16.6 Å². The Bertz CT molecular complexity index is 775. The van der Waals surface area contributed by atoms with Crippen LogP contribution in [-0.4, -0.2) is 42.8 Å². The van der Waals surface area contributed by atoms with Gasteiger partial charge in [-0.05, 0) is 12.1 Å². The summed E-state index contributed by atoms with van der Waals surface area (Å²) in [5, 5.41) is 4.36. The van der Waals surface area contributed by atoms with E-state index >= 15 is 0 Å². The first-order valence-corrected chi connectivity index (χ1v) is 9.38. The molecule has 0 N–H and O–H groups in total. The van der Waals surface area contributed by atoms with Crippen molar-refractivity contribution in [3.05, 3.63) is 52.6 Å². The number of carbonyl (C=O) groups excluding carboxylic acids is 1. The van der Waals surface area contributed by atoms with Crippen LogP contribution >= 0.6 is 11.6 Å². The van der Waals surface area contributed by atoms with Gasteiger partial charge in [-0.15, -0.1) is 0 Å². The van der Waals surface area contributed by atoms with Crippen LogP contribution in [0.1, 0.15) is 17.2 Å². The van der Waals surface area contributed by atoms with Gasteiger partial charge in [0.2, 0.25) is 5.91 Å². The quantitative estimate of drug-likeness (QED) is 0.832. The zero-order valence-corrected chi connectivity index (χ0v) is 14.7. The smallest absolute Gasteiger partial charge is 0.227 e. The molecule has 0 aliphatic carbocycles. The molecule has 8 heteroatoms. The maximum Gasteiger partial charge on any atom is 0.227 e. The summed E-state index contributed by atoms with van der Waals surface area (Å²) in [6, 6.07) is 4.05. The van der Waals surface area contributed by atoms with Crippen LogP contribution in [0.3, 0.4) is 0 Å². The van der Waals surface area contributed by atoms with E-state index in [0.29, 0.717) is 18.1 Å². The number of nitrogens with zero attached hydrogens (tertiary/aromatic N) is 3. The van der Waals surface area contributed by atoms with Gasteiger partial charge in [0.25, 0.3) is 0 Å². The molecule has 0 saturated carbocycles. The molecule has 0 radical (unpaired) electrons. The number of benzene rings is 1. The molecule has 1 amide bonds. The number of rotatable bonds is 3. The Hall–Kier alpha value is -1.73. The molecule has 1 aliphatic heterocycles. The molecule has 1 saturated heterocycles. The van der Waals surface area contributed by atoms with Gasteiger partial charge >= 0.3 is 0 Å². The highest BCUT2D eigenvalue weighted by Gasteiger charge is 2.32. The molecule has 0 spiro atoms. The Balaban J connectivity index is 1.85. The zero-order valence-electron chi connectivity index (χ0n) is 13.1. The number of hydrogen-bond donors (Lipinski definition) is 0. The summed E-state index contributed by atoms with van der Waals surface area (Å²) < 4.78 is 27.5. The van der Waals surface area contributed by atoms with E-state index in [1.54, 1.807) is 28.9 Å². The minimum Gasteiger partial charge on any atom is -0.333 e. The van der Waals surface area contributed by atoms with Crippen molar-refractivity contribution < 1.29 is 13.4 Å². The fraction of sp³-hybridized carbons (Fsp3) is 0.375. The van der Waals surface area contributed by atoms with Gasteiger partial charge in [-0.2, -0.15) is 5.10 Å². The molecule has 2 aromatic rings. The molecular weight excluding hydrogens is 353 g/mol. The number of aryl methyl sites for hydroxylation is 1. The Morgan fingerprint density at radius 3 is 2.96 bits per heavy atom. The second-order valence-corrected chi connectivity index (χ2v) is 7.77. The van der Waals surface area contributed by atoms with Gasteiger partial charge in [0.05, 0.1) is 18.7 Å². The van der Waals surface area contributed by atoms with Crippen molar-refractivity contribution in [2.75, 3.05) is 18.1 Å². The van der Waals surface area contributed by atoms with Crippen LogP contribution in [-0.2, 0) is 29.1 Å². The average molecular weight is 370 g/mol. The third-order valence-electron chi connectivity index (χ3n) is 4.10. The lowest BCUT2D eigenvalue weighted by molar-refractivity contribution is -0.132. The largest absolute Gasteiger partial charge is 0.333 e. The predicted molar refractivity (Wildman–Crippen MR) is 90.7 cm³/mol. The Kier molecular flexibility index (Phi) is 5.01. The summed E-state index contributed by atoms with van der Waals surface area (Å²) in [6.45, 7) is 0.372. The molecule has 1 fully saturated rings. The SMILES string of the molecule is Cn1cc(C2CS(=O)CCN2C(=O)Cc2c(F)cccc2Cl)cn1. The molecule has 5 nitrogen and oxygen atoms in total. The van der Waals surface area contributed by atoms with Crippen molar-refractivity contribution in [2.45, 2.75) is 12.5 Å². The van der Waals surface area contributed by atoms with Crippen LogP contribution in [0.2, 0.25) is 5.02 Å². The molecule has 0 bridgehead atoms. The first-order valence-electron chi connectivity index (χ1n) is 7.51. The van der Waals surface area contributed by atoms with Gasteiger partial charge in [-0.25, -0.2) is 4.39 Å². The molecule has 2 heterocycles. The third kappa shape index (κ3) is 3.52. The van der Waals surface area contributed by atoms with Crippen LogP contribution in [0.25, 0.3) is 0 Å². The van der Waals surface area contributed by atoms with E-state index in [1.807, 2.05) is 6.20 Å². The minimum absolute atomic E-state index is 0.116. The van der Waals surface area contributed by atoms with Gasteiger partial charge in [-0.1, -0.05) is 17.7 Å². The highest BCUT2D eigenvalue weighted by molar-refractivity contribution is 7.85. The zero-order chi connectivity index (χ0) is 17.3. The summed E-state index contributed by atoms with van der Waals surface area (Å²) >= 11 is 6.02. The van der Waals surface area contributed by atoms with Gasteiger partial charge in [0.1, 0.15) is 5.82 Å². The van der Waals surface area contributed by atoms with Crippen LogP contribution in [0.5, 0.6) is 0 Å². The van der Waals surface area contributed by atoms with Crippen molar-refractivity contribution in [1.29, 1.82) is 0 Å². The first-order chi connectivity index (χ1) is 11.5. The lowest BCUT2D eigenvalue weighted by atomic mass is 10.1. The first kappa shape index (κ1) is 17.1. The van der Waals surface area contributed by atoms with Crippen molar-refractivity contribution in [3.8, 4) is 0 Å². The van der Waals surface area contributed by atoms with Crippen molar-refractivity contribution in [2.24, 2.45) is 7.05 Å². The lowest BCUT2D eigenvalue weighted by Gasteiger charge is -2.35. The van der Waals surface area contributed by atoms with E-state index in [4.69, 9.17) is 11.6 Å². The van der Waals surface area contributed by atoms with Crippen molar-refractivity contribution in [1.82, 2.24) is 14.7 Å². The Labute approximate surface area is 146 Å². The summed E-state index contributed by atoms with van der Waals surface area (Å²) in [7, 11) is 0.801. The van der Waals surface area contributed by atoms with Gasteiger partial charge < -0.3 is 4.90 Å². The van der Waals surface area contributed by atoms with Crippen molar-refractivity contribution >= 4 is 28.3 Å². The summed E-state index contributed by atoms with van der Waals surface area (Å²) in [4.78, 5) is 14.4. The molecule has 1 aliphatic rings. The van der Waals surface area contributed by atoms with E-state index in [0.717, 1.165) is 5.56 Å². The highest BCUT2D eigenvalue weighted by atomic mass is 35.5. The number of halogens is 2. The Morgan fingerprint density at radius 1 is 1.50 bits per heavy atom. The minimum atomic E-state index is -0.985. The maximum absolute atomic E-state index is 13.9. The standard InChI is InChI=1S/C16H17ClFN3O2S/c1-20-9-11(8-19-20)15-10-24(23)6-5-21(15)16(22)7-12-13(17)3-2-4-14(12)18/h2-4,8-9,15H,5-7,10H2,1H3. The third-order valence-corrected chi connectivity index (χ3v) is 5.78. The van der Waals surface area contributed by atoms with E-state index in [-0.39, 0.29) is 29.0 Å². The highest BCUT2D eigenvalue weighted by Crippen LogP contribution is 2.27. The summed E-state index contributed by atoms with van der Waals surface area (Å²) in [6.07, 6.45) is 3.36. The number of aromatic nitrogens is 2. The monoisotopic (exact) mass is 369 g/mol. The molecule has 128 valence electrons. The lowest BCUT2D eigenvalue weighted by Crippen LogP contribution is -2.45. The molecule has 1 aromatic heterocycles. The van der Waals surface area contributed by atoms with Crippen LogP contribution in [0.4, 0.5) is 4.39 Å². The van der Waals surface area contributed by atoms with Crippen molar-refractivity contribution in [3.63, 3.8) is 0 Å². The predicted octanol–water partition coefficient (Wildman–Crippen LogP) is 2.09. The topological polar surface area (TPSA) is 55.2 Å². The van der Waals surface area contributed by atoms with Crippen LogP contribution in [0.15, 0.2) is 30.6 Å². The van der Waals surface area contributed by atoms with E-state index in [9.17, 15) is 13.4 Å². The van der Waals surface area contributed by atoms with Gasteiger partial charge in [0, 0.05) is 58.2 Å². The second-order valence-electron chi connectivity index (χ2n) is 5.74. The normalized spacial score (nSPS) is 21.0. The second kappa shape index (κ2) is 7.03. The molecule has 1 aromatic carbocycles. The molecule has 3 rings (SSSR count). The van der Waals surface area contributed by atoms with Gasteiger partial charge in [-0.3, -0.25) is 13.7 Å². The van der Waals surface area contributed by atoms with Gasteiger partial charge in [0.15, 0.2) is 0 Å². The number of hydrogen-bond acceptors (Lipinski definition) is 3.